The molecule has 0 fully saturated rings. The van der Waals surface area contributed by atoms with Crippen LogP contribution in [0.2, 0.25) is 0 Å². The molecule has 0 saturated carbocycles. The van der Waals surface area contributed by atoms with Gasteiger partial charge in [0.2, 0.25) is 5.91 Å². The van der Waals surface area contributed by atoms with E-state index in [0.29, 0.717) is 0 Å². The van der Waals surface area contributed by atoms with Crippen molar-refractivity contribution in [2.45, 2.75) is 13.8 Å². The number of hydrogen-bond acceptors (Lipinski definition) is 4. The Balaban J connectivity index is 1.95. The van der Waals surface area contributed by atoms with Crippen LogP contribution in [0.1, 0.15) is 12.6 Å². The number of aromatic nitrogens is 1. The van der Waals surface area contributed by atoms with E-state index in [1.165, 1.54) is 6.92 Å². The summed E-state index contributed by atoms with van der Waals surface area (Å²) in [5.74, 6) is 0.704. The van der Waals surface area contributed by atoms with Crippen molar-refractivity contribution in [1.82, 2.24) is 4.98 Å². The van der Waals surface area contributed by atoms with Crippen LogP contribution in [0.4, 0.5) is 17.1 Å². The Morgan fingerprint density at radius 3 is 2.42 bits per heavy atom. The van der Waals surface area contributed by atoms with Crippen molar-refractivity contribution in [3.63, 3.8) is 0 Å². The normalized spacial score (nSPS) is 10.5. The maximum Gasteiger partial charge on any atom is 0.221 e. The van der Waals surface area contributed by atoms with Crippen molar-refractivity contribution in [3.05, 3.63) is 54.2 Å². The summed E-state index contributed by atoms with van der Waals surface area (Å²) in [5, 5.41) is 7.16. The summed E-state index contributed by atoms with van der Waals surface area (Å²) >= 11 is 0. The number of ether oxygens (including phenoxy) is 1. The molecule has 3 aromatic rings. The molecule has 0 bridgehead atoms. The molecule has 2 aromatic carbocycles. The number of amides is 1. The fourth-order valence-corrected chi connectivity index (χ4v) is 2.56. The van der Waals surface area contributed by atoms with Crippen LogP contribution in [0.5, 0.6) is 5.75 Å². The fourth-order valence-electron chi connectivity index (χ4n) is 2.56. The zero-order chi connectivity index (χ0) is 17.1. The standard InChI is InChI=1S/C19H19N3O2/c1-12-10-19(17-11-16(24-3)8-9-18(17)20-12)22-15-6-4-14(5-7-15)21-13(2)23/h4-11H,1-3H3,(H,20,22)(H,21,23). The Hall–Kier alpha value is -3.08. The first-order valence-electron chi connectivity index (χ1n) is 7.65. The third-order valence-electron chi connectivity index (χ3n) is 3.63. The predicted molar refractivity (Wildman–Crippen MR) is 97.1 cm³/mol. The molecule has 0 aliphatic heterocycles. The van der Waals surface area contributed by atoms with Crippen molar-refractivity contribution >= 4 is 33.9 Å². The van der Waals surface area contributed by atoms with Gasteiger partial charge in [0, 0.05) is 35.1 Å². The molecule has 0 unspecified atom stereocenters. The number of nitrogens with zero attached hydrogens (tertiary/aromatic N) is 1. The highest BCUT2D eigenvalue weighted by molar-refractivity contribution is 5.94. The number of carbonyl (C=O) groups excluding carboxylic acids is 1. The van der Waals surface area contributed by atoms with Crippen molar-refractivity contribution in [2.75, 3.05) is 17.7 Å². The SMILES string of the molecule is COc1ccc2nc(C)cc(Nc3ccc(NC(C)=O)cc3)c2c1. The molecular formula is C19H19N3O2. The minimum Gasteiger partial charge on any atom is -0.497 e. The van der Waals surface area contributed by atoms with Gasteiger partial charge in [0.25, 0.3) is 0 Å². The molecule has 0 aliphatic carbocycles. The zero-order valence-corrected chi connectivity index (χ0v) is 13.9. The van der Waals surface area contributed by atoms with Crippen LogP contribution in [0.3, 0.4) is 0 Å². The topological polar surface area (TPSA) is 63.2 Å². The molecule has 0 aliphatic rings. The largest absolute Gasteiger partial charge is 0.497 e. The maximum atomic E-state index is 11.1. The molecule has 0 spiro atoms. The van der Waals surface area contributed by atoms with Gasteiger partial charge in [-0.3, -0.25) is 9.78 Å². The second kappa shape index (κ2) is 6.58. The third-order valence-corrected chi connectivity index (χ3v) is 3.63. The van der Waals surface area contributed by atoms with Crippen LogP contribution in [-0.4, -0.2) is 18.0 Å². The lowest BCUT2D eigenvalue weighted by Gasteiger charge is -2.12. The highest BCUT2D eigenvalue weighted by Crippen LogP contribution is 2.29. The highest BCUT2D eigenvalue weighted by Gasteiger charge is 2.06. The van der Waals surface area contributed by atoms with Crippen LogP contribution >= 0.6 is 0 Å². The van der Waals surface area contributed by atoms with E-state index in [2.05, 4.69) is 15.6 Å². The van der Waals surface area contributed by atoms with Crippen LogP contribution in [0.15, 0.2) is 48.5 Å². The quantitative estimate of drug-likeness (QED) is 0.754. The van der Waals surface area contributed by atoms with Gasteiger partial charge < -0.3 is 15.4 Å². The Morgan fingerprint density at radius 2 is 1.75 bits per heavy atom. The van der Waals surface area contributed by atoms with Crippen LogP contribution in [0, 0.1) is 6.92 Å². The maximum absolute atomic E-state index is 11.1. The lowest BCUT2D eigenvalue weighted by atomic mass is 10.1. The van der Waals surface area contributed by atoms with Gasteiger partial charge in [0.1, 0.15) is 5.75 Å². The average molecular weight is 321 g/mol. The van der Waals surface area contributed by atoms with E-state index in [1.807, 2.05) is 55.5 Å². The van der Waals surface area contributed by atoms with E-state index in [0.717, 1.165) is 39.4 Å². The fraction of sp³-hybridized carbons (Fsp3) is 0.158. The second-order valence-electron chi connectivity index (χ2n) is 5.58. The molecule has 5 heteroatoms. The van der Waals surface area contributed by atoms with Gasteiger partial charge in [0.05, 0.1) is 12.6 Å². The molecule has 1 heterocycles. The molecule has 1 amide bonds. The summed E-state index contributed by atoms with van der Waals surface area (Å²) in [5.41, 5.74) is 4.51. The van der Waals surface area contributed by atoms with Crippen molar-refractivity contribution < 1.29 is 9.53 Å². The van der Waals surface area contributed by atoms with E-state index < -0.39 is 0 Å². The van der Waals surface area contributed by atoms with Gasteiger partial charge in [-0.05, 0) is 55.5 Å². The number of pyridine rings is 1. The average Bonchev–Trinajstić information content (AvgIpc) is 2.55. The summed E-state index contributed by atoms with van der Waals surface area (Å²) in [7, 11) is 1.65. The molecule has 0 atom stereocenters. The zero-order valence-electron chi connectivity index (χ0n) is 13.9. The molecule has 24 heavy (non-hydrogen) atoms. The van der Waals surface area contributed by atoms with Crippen LogP contribution in [0.25, 0.3) is 10.9 Å². The smallest absolute Gasteiger partial charge is 0.221 e. The van der Waals surface area contributed by atoms with Gasteiger partial charge in [0.15, 0.2) is 0 Å². The van der Waals surface area contributed by atoms with E-state index in [-0.39, 0.29) is 5.91 Å². The number of fused-ring (bicyclic) bond motifs is 1. The predicted octanol–water partition coefficient (Wildman–Crippen LogP) is 4.25. The van der Waals surface area contributed by atoms with E-state index in [1.54, 1.807) is 7.11 Å². The number of nitrogens with one attached hydrogen (secondary N) is 2. The van der Waals surface area contributed by atoms with E-state index >= 15 is 0 Å². The number of anilines is 3. The number of aryl methyl sites for hydroxylation is 1. The number of carbonyl (C=O) groups is 1. The molecule has 1 aromatic heterocycles. The Kier molecular flexibility index (Phi) is 4.33. The first-order valence-corrected chi connectivity index (χ1v) is 7.65. The van der Waals surface area contributed by atoms with E-state index in [9.17, 15) is 4.79 Å². The minimum atomic E-state index is -0.0847. The third kappa shape index (κ3) is 3.46. The molecule has 3 rings (SSSR count). The van der Waals surface area contributed by atoms with Gasteiger partial charge in [-0.1, -0.05) is 0 Å². The summed E-state index contributed by atoms with van der Waals surface area (Å²) < 4.78 is 5.31. The molecule has 0 saturated heterocycles. The molecule has 0 radical (unpaired) electrons. The monoisotopic (exact) mass is 321 g/mol. The lowest BCUT2D eigenvalue weighted by molar-refractivity contribution is -0.114. The second-order valence-corrected chi connectivity index (χ2v) is 5.58. The van der Waals surface area contributed by atoms with Crippen LogP contribution in [-0.2, 0) is 4.79 Å². The molecular weight excluding hydrogens is 302 g/mol. The number of rotatable bonds is 4. The summed E-state index contributed by atoms with van der Waals surface area (Å²) in [6.07, 6.45) is 0. The summed E-state index contributed by atoms with van der Waals surface area (Å²) in [6.45, 7) is 3.46. The Bertz CT molecular complexity index is 889. The van der Waals surface area contributed by atoms with Crippen molar-refractivity contribution in [3.8, 4) is 5.75 Å². The molecule has 122 valence electrons. The van der Waals surface area contributed by atoms with Gasteiger partial charge in [-0.25, -0.2) is 0 Å². The minimum absolute atomic E-state index is 0.0847. The van der Waals surface area contributed by atoms with Gasteiger partial charge >= 0.3 is 0 Å². The summed E-state index contributed by atoms with van der Waals surface area (Å²) in [6, 6.07) is 15.4. The first kappa shape index (κ1) is 15.8. The molecule has 5 nitrogen and oxygen atoms in total. The lowest BCUT2D eigenvalue weighted by Crippen LogP contribution is -2.05. The molecule has 2 N–H and O–H groups in total. The number of benzene rings is 2. The number of methoxy groups -OCH3 is 1. The first-order chi connectivity index (χ1) is 11.5. The number of hydrogen-bond donors (Lipinski definition) is 2. The van der Waals surface area contributed by atoms with Gasteiger partial charge in [-0.2, -0.15) is 0 Å². The van der Waals surface area contributed by atoms with E-state index in [4.69, 9.17) is 4.74 Å². The van der Waals surface area contributed by atoms with Crippen molar-refractivity contribution in [2.24, 2.45) is 0 Å². The Morgan fingerprint density at radius 1 is 1.04 bits per heavy atom. The highest BCUT2D eigenvalue weighted by atomic mass is 16.5. The van der Waals surface area contributed by atoms with Gasteiger partial charge in [-0.15, -0.1) is 0 Å². The van der Waals surface area contributed by atoms with Crippen LogP contribution < -0.4 is 15.4 Å². The Labute approximate surface area is 140 Å². The summed E-state index contributed by atoms with van der Waals surface area (Å²) in [4.78, 5) is 15.6. The van der Waals surface area contributed by atoms with Crippen molar-refractivity contribution in [1.29, 1.82) is 0 Å².